The van der Waals surface area contributed by atoms with Crippen molar-refractivity contribution in [3.63, 3.8) is 0 Å². The van der Waals surface area contributed by atoms with Crippen LogP contribution in [0.3, 0.4) is 0 Å². The van der Waals surface area contributed by atoms with Gasteiger partial charge >= 0.3 is 0 Å². The molecule has 0 unspecified atom stereocenters. The molecule has 21 heavy (non-hydrogen) atoms. The van der Waals surface area contributed by atoms with Gasteiger partial charge < -0.3 is 10.3 Å². The average Bonchev–Trinajstić information content (AvgIpc) is 2.95. The topological polar surface area (TPSA) is 64.9 Å². The van der Waals surface area contributed by atoms with Crippen molar-refractivity contribution in [1.29, 1.82) is 0 Å². The molecule has 6 heteroatoms. The molecule has 0 spiro atoms. The van der Waals surface area contributed by atoms with Crippen LogP contribution in [0.15, 0.2) is 22.7 Å². The zero-order valence-electron chi connectivity index (χ0n) is 12.2. The van der Waals surface area contributed by atoms with Crippen LogP contribution in [-0.4, -0.2) is 16.7 Å². The van der Waals surface area contributed by atoms with Gasteiger partial charge in [0.2, 0.25) is 5.89 Å². The number of aromatic nitrogens is 2. The molecule has 0 bridgehead atoms. The summed E-state index contributed by atoms with van der Waals surface area (Å²) in [6, 6.07) is 5.48. The fourth-order valence-electron chi connectivity index (χ4n) is 2.30. The second-order valence-corrected chi connectivity index (χ2v) is 5.95. The molecule has 0 atom stereocenters. The highest BCUT2D eigenvalue weighted by atomic mass is 35.5. The van der Waals surface area contributed by atoms with E-state index in [1.54, 1.807) is 6.07 Å². The highest BCUT2D eigenvalue weighted by molar-refractivity contribution is 6.42. The van der Waals surface area contributed by atoms with E-state index in [0.717, 1.165) is 18.4 Å². The molecule has 1 aromatic carbocycles. The van der Waals surface area contributed by atoms with Crippen molar-refractivity contribution in [3.05, 3.63) is 45.5 Å². The molecule has 2 N–H and O–H groups in total. The van der Waals surface area contributed by atoms with Crippen LogP contribution in [0.25, 0.3) is 0 Å². The minimum Gasteiger partial charge on any atom is -0.339 e. The predicted octanol–water partition coefficient (Wildman–Crippen LogP) is 3.98. The summed E-state index contributed by atoms with van der Waals surface area (Å²) in [5.74, 6) is 1.24. The lowest BCUT2D eigenvalue weighted by Gasteiger charge is -2.24. The smallest absolute Gasteiger partial charge is 0.234 e. The van der Waals surface area contributed by atoms with Gasteiger partial charge in [0, 0.05) is 13.0 Å². The summed E-state index contributed by atoms with van der Waals surface area (Å²) in [6.45, 7) is 4.66. The molecule has 0 radical (unpaired) electrons. The molecular weight excluding hydrogens is 309 g/mol. The van der Waals surface area contributed by atoms with Gasteiger partial charge in [-0.25, -0.2) is 0 Å². The lowest BCUT2D eigenvalue weighted by molar-refractivity contribution is 0.266. The van der Waals surface area contributed by atoms with Crippen molar-refractivity contribution < 1.29 is 4.52 Å². The molecule has 114 valence electrons. The molecule has 1 heterocycles. The van der Waals surface area contributed by atoms with Gasteiger partial charge in [-0.1, -0.05) is 48.3 Å². The maximum Gasteiger partial charge on any atom is 0.234 e. The first kappa shape index (κ1) is 16.3. The largest absolute Gasteiger partial charge is 0.339 e. The lowest BCUT2D eigenvalue weighted by Crippen LogP contribution is -2.34. The highest BCUT2D eigenvalue weighted by Gasteiger charge is 2.33. The molecule has 2 rings (SSSR count). The zero-order valence-corrected chi connectivity index (χ0v) is 13.7. The van der Waals surface area contributed by atoms with Crippen LogP contribution in [0, 0.1) is 0 Å². The Hall–Kier alpha value is -1.10. The Morgan fingerprint density at radius 1 is 1.19 bits per heavy atom. The molecule has 1 aromatic heterocycles. The fourth-order valence-corrected chi connectivity index (χ4v) is 2.62. The third kappa shape index (κ3) is 3.39. The number of nitrogens with zero attached hydrogens (tertiary/aromatic N) is 2. The zero-order chi connectivity index (χ0) is 15.5. The van der Waals surface area contributed by atoms with Crippen LogP contribution in [0.2, 0.25) is 10.0 Å². The summed E-state index contributed by atoms with van der Waals surface area (Å²) in [6.07, 6.45) is 2.29. The highest BCUT2D eigenvalue weighted by Crippen LogP contribution is 2.29. The van der Waals surface area contributed by atoms with E-state index < -0.39 is 0 Å². The molecule has 4 nitrogen and oxygen atoms in total. The van der Waals surface area contributed by atoms with E-state index in [4.69, 9.17) is 33.5 Å². The normalized spacial score (nSPS) is 11.9. The van der Waals surface area contributed by atoms with Gasteiger partial charge in [-0.15, -0.1) is 0 Å². The van der Waals surface area contributed by atoms with E-state index in [1.807, 2.05) is 12.1 Å². The van der Waals surface area contributed by atoms with Crippen LogP contribution >= 0.6 is 23.2 Å². The van der Waals surface area contributed by atoms with Crippen molar-refractivity contribution >= 4 is 23.2 Å². The van der Waals surface area contributed by atoms with E-state index >= 15 is 0 Å². The van der Waals surface area contributed by atoms with E-state index in [-0.39, 0.29) is 5.41 Å². The minimum atomic E-state index is -0.233. The maximum absolute atomic E-state index is 6.01. The second-order valence-electron chi connectivity index (χ2n) is 5.13. The molecule has 0 saturated carbocycles. The summed E-state index contributed by atoms with van der Waals surface area (Å²) in [5.41, 5.74) is 6.66. The first-order valence-corrected chi connectivity index (χ1v) is 7.77. The monoisotopic (exact) mass is 327 g/mol. The maximum atomic E-state index is 6.01. The first-order chi connectivity index (χ1) is 10.0. The molecule has 0 aliphatic rings. The van der Waals surface area contributed by atoms with Gasteiger partial charge in [-0.2, -0.15) is 4.98 Å². The Morgan fingerprint density at radius 2 is 1.90 bits per heavy atom. The van der Waals surface area contributed by atoms with Crippen LogP contribution in [0.1, 0.15) is 44.0 Å². The Kier molecular flexibility index (Phi) is 5.25. The third-order valence-corrected chi connectivity index (χ3v) is 4.75. The minimum absolute atomic E-state index is 0.233. The lowest BCUT2D eigenvalue weighted by atomic mass is 9.82. The predicted molar refractivity (Wildman–Crippen MR) is 84.9 cm³/mol. The third-order valence-electron chi connectivity index (χ3n) is 4.01. The average molecular weight is 328 g/mol. The van der Waals surface area contributed by atoms with E-state index in [9.17, 15) is 0 Å². The number of nitrogens with two attached hydrogens (primary N) is 1. The second kappa shape index (κ2) is 6.77. The molecule has 0 saturated heterocycles. The molecule has 0 fully saturated rings. The first-order valence-electron chi connectivity index (χ1n) is 7.01. The number of hydrogen-bond donors (Lipinski definition) is 1. The van der Waals surface area contributed by atoms with Crippen LogP contribution in [0.4, 0.5) is 0 Å². The van der Waals surface area contributed by atoms with Gasteiger partial charge in [-0.3, -0.25) is 0 Å². The Bertz CT molecular complexity index is 600. The van der Waals surface area contributed by atoms with Gasteiger partial charge in [0.15, 0.2) is 5.82 Å². The summed E-state index contributed by atoms with van der Waals surface area (Å²) >= 11 is 11.9. The van der Waals surface area contributed by atoms with Crippen molar-refractivity contribution in [2.45, 2.75) is 38.5 Å². The van der Waals surface area contributed by atoms with Crippen molar-refractivity contribution in [2.24, 2.45) is 5.73 Å². The number of rotatable bonds is 6. The molecule has 0 aliphatic carbocycles. The van der Waals surface area contributed by atoms with Crippen molar-refractivity contribution in [3.8, 4) is 0 Å². The van der Waals surface area contributed by atoms with Crippen LogP contribution < -0.4 is 5.73 Å². The number of benzene rings is 1. The summed E-state index contributed by atoms with van der Waals surface area (Å²) < 4.78 is 5.43. The standard InChI is InChI=1S/C15H19Cl2N3O/c1-3-15(4-2,9-18)14-19-13(20-21-14)8-10-5-6-11(16)12(17)7-10/h5-7H,3-4,8-9,18H2,1-2H3. The summed E-state index contributed by atoms with van der Waals surface area (Å²) in [7, 11) is 0. The molecular formula is C15H19Cl2N3O. The van der Waals surface area contributed by atoms with E-state index in [0.29, 0.717) is 34.7 Å². The van der Waals surface area contributed by atoms with E-state index in [2.05, 4.69) is 24.0 Å². The van der Waals surface area contributed by atoms with Gasteiger partial charge in [-0.05, 0) is 30.5 Å². The Morgan fingerprint density at radius 3 is 2.48 bits per heavy atom. The Labute approximate surface area is 134 Å². The number of halogens is 2. The van der Waals surface area contributed by atoms with E-state index in [1.165, 1.54) is 0 Å². The van der Waals surface area contributed by atoms with Crippen LogP contribution in [-0.2, 0) is 11.8 Å². The molecule has 2 aromatic rings. The SMILES string of the molecule is CCC(CC)(CN)c1nc(Cc2ccc(Cl)c(Cl)c2)no1. The summed E-state index contributed by atoms with van der Waals surface area (Å²) in [5, 5.41) is 5.12. The number of hydrogen-bond acceptors (Lipinski definition) is 4. The molecule has 0 aliphatic heterocycles. The van der Waals surface area contributed by atoms with Gasteiger partial charge in [0.25, 0.3) is 0 Å². The molecule has 0 amide bonds. The van der Waals surface area contributed by atoms with Crippen molar-refractivity contribution in [2.75, 3.05) is 6.54 Å². The summed E-state index contributed by atoms with van der Waals surface area (Å²) in [4.78, 5) is 4.51. The van der Waals surface area contributed by atoms with Gasteiger partial charge in [0.05, 0.1) is 15.5 Å². The Balaban J connectivity index is 2.21. The van der Waals surface area contributed by atoms with Crippen molar-refractivity contribution in [1.82, 2.24) is 10.1 Å². The fraction of sp³-hybridized carbons (Fsp3) is 0.467. The van der Waals surface area contributed by atoms with Gasteiger partial charge in [0.1, 0.15) is 0 Å². The quantitative estimate of drug-likeness (QED) is 0.871. The van der Waals surface area contributed by atoms with Crippen LogP contribution in [0.5, 0.6) is 0 Å².